The Hall–Kier alpha value is -2.79. The topological polar surface area (TPSA) is 77.0 Å². The number of pyridine rings is 3. The van der Waals surface area contributed by atoms with Gasteiger partial charge in [-0.3, -0.25) is 15.0 Å². The minimum absolute atomic E-state index is 0.423. The van der Waals surface area contributed by atoms with Crippen molar-refractivity contribution >= 4 is 40.1 Å². The molecule has 0 radical (unpaired) electrons. The molecule has 24 heavy (non-hydrogen) atoms. The molecule has 3 aromatic rings. The van der Waals surface area contributed by atoms with Crippen molar-refractivity contribution < 1.29 is 0 Å². The van der Waals surface area contributed by atoms with E-state index < -0.39 is 0 Å². The lowest BCUT2D eigenvalue weighted by molar-refractivity contribution is 1.25. The summed E-state index contributed by atoms with van der Waals surface area (Å²) in [4.78, 5) is 17.0. The molecular formula is C18H16ClN5. The van der Waals surface area contributed by atoms with Gasteiger partial charge in [-0.1, -0.05) is 11.6 Å². The summed E-state index contributed by atoms with van der Waals surface area (Å²) in [6.45, 7) is 1.99. The Kier molecular flexibility index (Phi) is 4.53. The van der Waals surface area contributed by atoms with Crippen LogP contribution in [0.3, 0.4) is 0 Å². The van der Waals surface area contributed by atoms with Gasteiger partial charge in [-0.2, -0.15) is 0 Å². The Bertz CT molecular complexity index is 963. The van der Waals surface area contributed by atoms with Crippen LogP contribution in [-0.4, -0.2) is 28.2 Å². The summed E-state index contributed by atoms with van der Waals surface area (Å²) in [5, 5.41) is 0.423. The second-order valence-corrected chi connectivity index (χ2v) is 5.69. The number of aliphatic imine (C=N–C) groups is 1. The van der Waals surface area contributed by atoms with Crippen LogP contribution in [0.5, 0.6) is 0 Å². The lowest BCUT2D eigenvalue weighted by atomic mass is 10.00. The smallest absolute Gasteiger partial charge is 0.129 e. The fraction of sp³-hybridized carbons (Fsp3) is 0.111. The van der Waals surface area contributed by atoms with Crippen LogP contribution in [0.15, 0.2) is 47.8 Å². The van der Waals surface area contributed by atoms with Gasteiger partial charge in [-0.15, -0.1) is 0 Å². The molecule has 0 spiro atoms. The van der Waals surface area contributed by atoms with Gasteiger partial charge < -0.3 is 5.73 Å². The molecule has 6 heteroatoms. The Morgan fingerprint density at radius 3 is 2.79 bits per heavy atom. The summed E-state index contributed by atoms with van der Waals surface area (Å²) < 4.78 is 0. The Morgan fingerprint density at radius 1 is 1.21 bits per heavy atom. The lowest BCUT2D eigenvalue weighted by Gasteiger charge is -2.11. The molecule has 0 saturated carbocycles. The van der Waals surface area contributed by atoms with E-state index in [1.807, 2.05) is 25.1 Å². The number of fused-ring (bicyclic) bond motifs is 1. The van der Waals surface area contributed by atoms with E-state index in [4.69, 9.17) is 17.3 Å². The summed E-state index contributed by atoms with van der Waals surface area (Å²) in [5.74, 6) is 0. The van der Waals surface area contributed by atoms with Gasteiger partial charge >= 0.3 is 0 Å². The molecule has 3 heterocycles. The summed E-state index contributed by atoms with van der Waals surface area (Å²) in [6, 6.07) is 7.38. The first-order chi connectivity index (χ1) is 11.6. The summed E-state index contributed by atoms with van der Waals surface area (Å²) in [6.07, 6.45) is 6.96. The third-order valence-electron chi connectivity index (χ3n) is 3.69. The van der Waals surface area contributed by atoms with Crippen molar-refractivity contribution in [2.75, 3.05) is 7.05 Å². The van der Waals surface area contributed by atoms with Gasteiger partial charge in [0.2, 0.25) is 0 Å². The highest BCUT2D eigenvalue weighted by Gasteiger charge is 2.11. The highest BCUT2D eigenvalue weighted by Crippen LogP contribution is 2.25. The third kappa shape index (κ3) is 3.12. The van der Waals surface area contributed by atoms with Crippen molar-refractivity contribution in [1.29, 1.82) is 0 Å². The van der Waals surface area contributed by atoms with Crippen molar-refractivity contribution in [3.05, 3.63) is 64.7 Å². The molecule has 0 aliphatic carbocycles. The summed E-state index contributed by atoms with van der Waals surface area (Å²) >= 11 is 5.98. The minimum Gasteiger partial charge on any atom is -0.398 e. The molecule has 0 aliphatic heterocycles. The van der Waals surface area contributed by atoms with Gasteiger partial charge in [0.05, 0.1) is 16.7 Å². The highest BCUT2D eigenvalue weighted by atomic mass is 35.5. The zero-order valence-corrected chi connectivity index (χ0v) is 14.1. The number of rotatable bonds is 3. The van der Waals surface area contributed by atoms with Crippen molar-refractivity contribution in [3.8, 4) is 0 Å². The second-order valence-electron chi connectivity index (χ2n) is 5.30. The third-order valence-corrected chi connectivity index (χ3v) is 3.90. The number of aryl methyl sites for hydroxylation is 1. The molecule has 0 atom stereocenters. The fourth-order valence-electron chi connectivity index (χ4n) is 2.45. The normalized spacial score (nSPS) is 12.6. The van der Waals surface area contributed by atoms with Gasteiger partial charge in [-0.05, 0) is 36.8 Å². The molecule has 2 N–H and O–H groups in total. The number of aromatic nitrogens is 3. The quantitative estimate of drug-likeness (QED) is 0.586. The Balaban J connectivity index is 2.21. The van der Waals surface area contributed by atoms with E-state index in [-0.39, 0.29) is 0 Å². The molecule has 0 aromatic carbocycles. The van der Waals surface area contributed by atoms with E-state index in [1.54, 1.807) is 37.9 Å². The molecule has 3 rings (SSSR count). The number of allylic oxidation sites excluding steroid dienone is 1. The lowest BCUT2D eigenvalue weighted by Crippen LogP contribution is -2.05. The van der Waals surface area contributed by atoms with Gasteiger partial charge in [0.1, 0.15) is 5.15 Å². The molecule has 0 aliphatic rings. The zero-order valence-electron chi connectivity index (χ0n) is 13.4. The van der Waals surface area contributed by atoms with E-state index in [2.05, 4.69) is 19.9 Å². The Morgan fingerprint density at radius 2 is 2.04 bits per heavy atom. The van der Waals surface area contributed by atoms with Crippen LogP contribution in [0.4, 0.5) is 0 Å². The van der Waals surface area contributed by atoms with Crippen molar-refractivity contribution in [3.63, 3.8) is 0 Å². The van der Waals surface area contributed by atoms with E-state index in [9.17, 15) is 0 Å². The van der Waals surface area contributed by atoms with Gasteiger partial charge in [0.15, 0.2) is 0 Å². The SMILES string of the molecule is CN=CC(=C(N)c1cnccc1C)c1cnc2ccc(Cl)nc2c1. The maximum absolute atomic E-state index is 6.41. The monoisotopic (exact) mass is 337 g/mol. The number of hydrogen-bond acceptors (Lipinski definition) is 5. The van der Waals surface area contributed by atoms with Crippen LogP contribution in [0.25, 0.3) is 22.3 Å². The van der Waals surface area contributed by atoms with Crippen LogP contribution < -0.4 is 5.73 Å². The van der Waals surface area contributed by atoms with Gasteiger partial charge in [0, 0.05) is 48.6 Å². The van der Waals surface area contributed by atoms with Crippen LogP contribution in [0, 0.1) is 6.92 Å². The Labute approximate surface area is 145 Å². The van der Waals surface area contributed by atoms with E-state index in [1.165, 1.54) is 0 Å². The number of nitrogens with two attached hydrogens (primary N) is 1. The molecule has 5 nitrogen and oxygen atoms in total. The molecule has 0 fully saturated rings. The molecule has 0 unspecified atom stereocenters. The van der Waals surface area contributed by atoms with E-state index >= 15 is 0 Å². The highest BCUT2D eigenvalue weighted by molar-refractivity contribution is 6.29. The van der Waals surface area contributed by atoms with E-state index in [0.717, 1.165) is 27.8 Å². The van der Waals surface area contributed by atoms with Crippen LogP contribution in [0.2, 0.25) is 5.15 Å². The summed E-state index contributed by atoms with van der Waals surface area (Å²) in [5.41, 5.74) is 12.0. The minimum atomic E-state index is 0.423. The van der Waals surface area contributed by atoms with Crippen LogP contribution >= 0.6 is 11.6 Å². The van der Waals surface area contributed by atoms with Gasteiger partial charge in [0.25, 0.3) is 0 Å². The predicted molar refractivity (Wildman–Crippen MR) is 98.9 cm³/mol. The summed E-state index contributed by atoms with van der Waals surface area (Å²) in [7, 11) is 1.70. The molecule has 3 aromatic heterocycles. The second kappa shape index (κ2) is 6.76. The average Bonchev–Trinajstić information content (AvgIpc) is 2.59. The first-order valence-corrected chi connectivity index (χ1v) is 7.73. The first kappa shape index (κ1) is 16.1. The van der Waals surface area contributed by atoms with Crippen molar-refractivity contribution in [1.82, 2.24) is 15.0 Å². The van der Waals surface area contributed by atoms with Crippen LogP contribution in [0.1, 0.15) is 16.7 Å². The average molecular weight is 338 g/mol. The number of nitrogens with zero attached hydrogens (tertiary/aromatic N) is 4. The van der Waals surface area contributed by atoms with Crippen molar-refractivity contribution in [2.24, 2.45) is 10.7 Å². The maximum Gasteiger partial charge on any atom is 0.129 e. The molecule has 120 valence electrons. The predicted octanol–water partition coefficient (Wildman–Crippen LogP) is 3.51. The first-order valence-electron chi connectivity index (χ1n) is 7.35. The standard InChI is InChI=1S/C18H16ClN5/c1-11-5-6-22-10-13(11)18(20)14(9-21-2)12-7-16-15(23-8-12)3-4-17(19)24-16/h3-10H,20H2,1-2H3. The van der Waals surface area contributed by atoms with Crippen LogP contribution in [-0.2, 0) is 0 Å². The fourth-order valence-corrected chi connectivity index (χ4v) is 2.60. The molecule has 0 amide bonds. The number of halogens is 1. The zero-order chi connectivity index (χ0) is 17.1. The number of hydrogen-bond donors (Lipinski definition) is 1. The largest absolute Gasteiger partial charge is 0.398 e. The molecule has 0 bridgehead atoms. The maximum atomic E-state index is 6.41. The van der Waals surface area contributed by atoms with Gasteiger partial charge in [-0.25, -0.2) is 4.98 Å². The van der Waals surface area contributed by atoms with Crippen molar-refractivity contribution in [2.45, 2.75) is 6.92 Å². The molecule has 0 saturated heterocycles. The van der Waals surface area contributed by atoms with E-state index in [0.29, 0.717) is 16.4 Å². The molecular weight excluding hydrogens is 322 g/mol.